The van der Waals surface area contributed by atoms with E-state index in [0.717, 1.165) is 19.3 Å². The molecule has 0 spiro atoms. The largest absolute Gasteiger partial charge is 0.677 e. The first-order valence-electron chi connectivity index (χ1n) is 11.8. The summed E-state index contributed by atoms with van der Waals surface area (Å²) >= 11 is 0. The van der Waals surface area contributed by atoms with Crippen LogP contribution in [0.4, 0.5) is 0 Å². The van der Waals surface area contributed by atoms with Crippen molar-refractivity contribution in [1.29, 1.82) is 0 Å². The minimum atomic E-state index is -3.50. The molecule has 0 saturated carbocycles. The Hall–Kier alpha value is 0.820. The Bertz CT molecular complexity index is 341. The van der Waals surface area contributed by atoms with Gasteiger partial charge in [0, 0.05) is 44.5 Å². The van der Waals surface area contributed by atoms with Crippen molar-refractivity contribution in [3.05, 3.63) is 0 Å². The molecule has 3 unspecified atom stereocenters. The van der Waals surface area contributed by atoms with E-state index in [2.05, 4.69) is 0 Å². The number of aliphatic hydroxyl groups is 3. The molecule has 33 heavy (non-hydrogen) atoms. The van der Waals surface area contributed by atoms with Crippen LogP contribution in [0.2, 0.25) is 0 Å². The Morgan fingerprint density at radius 3 is 0.758 bits per heavy atom. The summed E-state index contributed by atoms with van der Waals surface area (Å²) in [6.45, 7) is 27.4. The van der Waals surface area contributed by atoms with E-state index in [1.807, 2.05) is 41.5 Å². The Morgan fingerprint density at radius 1 is 0.545 bits per heavy atom. The second-order valence-corrected chi connectivity index (χ2v) is 12.8. The Labute approximate surface area is 226 Å². The predicted octanol–water partition coefficient (Wildman–Crippen LogP) is 5.19. The van der Waals surface area contributed by atoms with Crippen LogP contribution in [0, 0.1) is 0 Å². The van der Waals surface area contributed by atoms with Crippen LogP contribution in [0.25, 0.3) is 0 Å². The summed E-state index contributed by atoms with van der Waals surface area (Å²) in [6.07, 6.45) is 2.30. The van der Waals surface area contributed by atoms with Crippen LogP contribution in [0.15, 0.2) is 0 Å². The number of hydrogen-bond acceptors (Lipinski definition) is 7. The molecule has 0 bridgehead atoms. The molecule has 0 fully saturated rings. The van der Waals surface area contributed by atoms with E-state index in [1.165, 1.54) is 0 Å². The summed E-state index contributed by atoms with van der Waals surface area (Å²) in [5, 5.41) is 25.6. The molecule has 3 atom stereocenters. The van der Waals surface area contributed by atoms with Gasteiger partial charge in [0.2, 0.25) is 0 Å². The van der Waals surface area contributed by atoms with Gasteiger partial charge in [0.05, 0.1) is 16.8 Å². The third-order valence-electron chi connectivity index (χ3n) is 2.78. The van der Waals surface area contributed by atoms with Crippen LogP contribution < -0.4 is 0 Å². The van der Waals surface area contributed by atoms with Crippen LogP contribution in [0.1, 0.15) is 123 Å². The fourth-order valence-corrected chi connectivity index (χ4v) is 3.29. The van der Waals surface area contributed by atoms with Gasteiger partial charge in [-0.3, -0.25) is 0 Å². The van der Waals surface area contributed by atoms with Crippen molar-refractivity contribution in [1.82, 2.24) is 0 Å². The van der Waals surface area contributed by atoms with E-state index < -0.39 is 25.9 Å². The topological polar surface area (TPSA) is 109 Å². The first kappa shape index (κ1) is 43.9. The monoisotopic (exact) mass is 576 g/mol. The molecule has 0 aromatic heterocycles. The molecule has 0 aliphatic carbocycles. The fourth-order valence-electron chi connectivity index (χ4n) is 1.10. The molecule has 0 aromatic rings. The number of rotatable bonds is 9. The van der Waals surface area contributed by atoms with Gasteiger partial charge in [0.25, 0.3) is 0 Å². The van der Waals surface area contributed by atoms with Crippen molar-refractivity contribution in [3.63, 3.8) is 0 Å². The molecule has 0 rings (SSSR count). The van der Waals surface area contributed by atoms with Crippen molar-refractivity contribution in [2.75, 3.05) is 0 Å². The molecule has 204 valence electrons. The normalized spacial score (nSPS) is 16.1. The van der Waals surface area contributed by atoms with E-state index in [9.17, 15) is 4.80 Å². The van der Waals surface area contributed by atoms with Crippen molar-refractivity contribution < 1.29 is 59.6 Å². The molecule has 0 aromatic carbocycles. The van der Waals surface area contributed by atoms with Crippen molar-refractivity contribution in [2.24, 2.45) is 0 Å². The minimum absolute atomic E-state index is 0. The van der Waals surface area contributed by atoms with Gasteiger partial charge in [-0.25, -0.2) is 0 Å². The van der Waals surface area contributed by atoms with Gasteiger partial charge in [-0.1, -0.05) is 20.8 Å². The van der Waals surface area contributed by atoms with E-state index >= 15 is 0 Å². The van der Waals surface area contributed by atoms with Crippen molar-refractivity contribution in [3.8, 4) is 0 Å². The number of hydrogen-bond donors (Lipinski definition) is 4. The molecule has 0 radical (unpaired) electrons. The first-order chi connectivity index (χ1) is 13.9. The maximum absolute atomic E-state index is 10.4. The Kier molecular flexibility index (Phi) is 27.9. The van der Waals surface area contributed by atoms with Crippen LogP contribution in [-0.4, -0.2) is 64.3 Å². The standard InChI is InChI=1S/C12H28O4Si.3C4H10O.Zr/c1-7-10(4)14-17(13,15-11(5)8-2)16-12(6)9-3;3*1-4(2,3)5;/h10-13H,7-9H2,1-6H3;3*5H,1-3H3;. The summed E-state index contributed by atoms with van der Waals surface area (Å²) in [7, 11) is -3.50. The smallest absolute Gasteiger partial charge is 0.391 e. The SMILES string of the molecule is CC(C)(C)O.CC(C)(C)O.CC(C)(C)O.CCC(C)O[Si](O)(OC(C)CC)OC(C)CC.[Zr]. The summed E-state index contributed by atoms with van der Waals surface area (Å²) in [4.78, 5) is 10.4. The molecular weight excluding hydrogens is 520 g/mol. The molecule has 0 aliphatic heterocycles. The van der Waals surface area contributed by atoms with Crippen molar-refractivity contribution in [2.45, 2.75) is 158 Å². The first-order valence-corrected chi connectivity index (χ1v) is 13.5. The zero-order valence-corrected chi connectivity index (χ0v) is 27.8. The summed E-state index contributed by atoms with van der Waals surface area (Å²) < 4.78 is 16.7. The van der Waals surface area contributed by atoms with Gasteiger partial charge >= 0.3 is 9.05 Å². The van der Waals surface area contributed by atoms with Crippen LogP contribution in [0.3, 0.4) is 0 Å². The predicted molar refractivity (Wildman–Crippen MR) is 136 cm³/mol. The van der Waals surface area contributed by atoms with Crippen LogP contribution in [-0.2, 0) is 39.5 Å². The molecule has 0 heterocycles. The van der Waals surface area contributed by atoms with Gasteiger partial charge in [-0.05, 0) is 102 Å². The van der Waals surface area contributed by atoms with Gasteiger partial charge < -0.3 is 33.4 Å². The zero-order valence-electron chi connectivity index (χ0n) is 24.4. The van der Waals surface area contributed by atoms with Gasteiger partial charge in [0.1, 0.15) is 0 Å². The zero-order chi connectivity index (χ0) is 27.0. The minimum Gasteiger partial charge on any atom is -0.391 e. The van der Waals surface area contributed by atoms with Gasteiger partial charge in [-0.15, -0.1) is 0 Å². The Balaban J connectivity index is -0.000000133. The third-order valence-corrected chi connectivity index (χ3v) is 4.88. The quantitative estimate of drug-likeness (QED) is 0.279. The van der Waals surface area contributed by atoms with E-state index in [4.69, 9.17) is 28.6 Å². The third kappa shape index (κ3) is 65.5. The molecule has 4 N–H and O–H groups in total. The molecular formula is C24H58O7SiZr. The average Bonchev–Trinajstić information content (AvgIpc) is 2.49. The van der Waals surface area contributed by atoms with E-state index in [0.29, 0.717) is 0 Å². The summed E-state index contributed by atoms with van der Waals surface area (Å²) in [5.41, 5.74) is -1.50. The molecule has 7 nitrogen and oxygen atoms in total. The van der Waals surface area contributed by atoms with Crippen LogP contribution >= 0.6 is 0 Å². The Morgan fingerprint density at radius 2 is 0.667 bits per heavy atom. The van der Waals surface area contributed by atoms with Crippen molar-refractivity contribution >= 4 is 9.05 Å². The second kappa shape index (κ2) is 21.0. The second-order valence-electron chi connectivity index (χ2n) is 11.0. The maximum Gasteiger partial charge on any atom is 0.677 e. The van der Waals surface area contributed by atoms with E-state index in [1.54, 1.807) is 62.3 Å². The average molecular weight is 578 g/mol. The summed E-state index contributed by atoms with van der Waals surface area (Å²) in [6, 6.07) is 0. The summed E-state index contributed by atoms with van der Waals surface area (Å²) in [5.74, 6) is 0. The van der Waals surface area contributed by atoms with Gasteiger partial charge in [-0.2, -0.15) is 0 Å². The molecule has 0 saturated heterocycles. The van der Waals surface area contributed by atoms with Gasteiger partial charge in [0.15, 0.2) is 0 Å². The van der Waals surface area contributed by atoms with Crippen LogP contribution in [0.5, 0.6) is 0 Å². The fraction of sp³-hybridized carbons (Fsp3) is 1.00. The molecule has 9 heteroatoms. The molecule has 0 aliphatic rings. The van der Waals surface area contributed by atoms with E-state index in [-0.39, 0.29) is 44.5 Å². The molecule has 0 amide bonds. The maximum atomic E-state index is 10.4.